The van der Waals surface area contributed by atoms with Gasteiger partial charge in [-0.1, -0.05) is 36.7 Å². The maximum atomic E-state index is 11.2. The smallest absolute Gasteiger partial charge is 0.317 e. The molecule has 3 nitrogen and oxygen atoms in total. The highest BCUT2D eigenvalue weighted by Gasteiger charge is 2.35. The fourth-order valence-electron chi connectivity index (χ4n) is 3.08. The first kappa shape index (κ1) is 14.6. The highest BCUT2D eigenvalue weighted by Crippen LogP contribution is 2.43. The Bertz CT molecular complexity index is 670. The first-order chi connectivity index (χ1) is 10.1. The maximum Gasteiger partial charge on any atom is 0.317 e. The molecule has 1 aliphatic heterocycles. The predicted molar refractivity (Wildman–Crippen MR) is 85.2 cm³/mol. The lowest BCUT2D eigenvalue weighted by molar-refractivity contribution is -0.138. The Kier molecular flexibility index (Phi) is 4.02. The van der Waals surface area contributed by atoms with Crippen LogP contribution in [0.5, 0.6) is 0 Å². The third kappa shape index (κ3) is 2.71. The lowest BCUT2D eigenvalue weighted by atomic mass is 9.89. The summed E-state index contributed by atoms with van der Waals surface area (Å²) in [7, 11) is 0. The number of aliphatic carboxylic acids is 1. The summed E-state index contributed by atoms with van der Waals surface area (Å²) >= 11 is 8.10. The van der Waals surface area contributed by atoms with Crippen molar-refractivity contribution in [2.75, 3.05) is 13.1 Å². The van der Waals surface area contributed by atoms with E-state index in [4.69, 9.17) is 11.6 Å². The van der Waals surface area contributed by atoms with Gasteiger partial charge in [-0.15, -0.1) is 11.3 Å². The molecule has 0 aliphatic carbocycles. The molecule has 0 fully saturated rings. The summed E-state index contributed by atoms with van der Waals surface area (Å²) in [6, 6.07) is 9.71. The highest BCUT2D eigenvalue weighted by atomic mass is 35.5. The van der Waals surface area contributed by atoms with Gasteiger partial charge in [-0.3, -0.25) is 9.69 Å². The van der Waals surface area contributed by atoms with Gasteiger partial charge in [0.1, 0.15) is 0 Å². The molecule has 0 amide bonds. The Balaban J connectivity index is 2.10. The fourth-order valence-corrected chi connectivity index (χ4v) is 4.31. The Morgan fingerprint density at radius 3 is 2.86 bits per heavy atom. The minimum atomic E-state index is -0.807. The average molecular weight is 322 g/mol. The molecule has 1 aromatic carbocycles. The van der Waals surface area contributed by atoms with Gasteiger partial charge in [-0.2, -0.15) is 0 Å². The topological polar surface area (TPSA) is 40.5 Å². The molecule has 1 N–H and O–H groups in total. The summed E-state index contributed by atoms with van der Waals surface area (Å²) < 4.78 is 0. The van der Waals surface area contributed by atoms with E-state index in [1.54, 1.807) is 11.3 Å². The molecule has 5 heteroatoms. The van der Waals surface area contributed by atoms with Crippen LogP contribution in [0.15, 0.2) is 35.7 Å². The number of benzene rings is 1. The number of halogens is 1. The monoisotopic (exact) mass is 321 g/mol. The minimum Gasteiger partial charge on any atom is -0.480 e. The summed E-state index contributed by atoms with van der Waals surface area (Å²) in [5.74, 6) is -0.462. The lowest BCUT2D eigenvalue weighted by Gasteiger charge is -2.38. The summed E-state index contributed by atoms with van der Waals surface area (Å²) in [5.41, 5.74) is 2.17. The fraction of sp³-hybridized carbons (Fsp3) is 0.312. The van der Waals surface area contributed by atoms with Crippen LogP contribution < -0.4 is 0 Å². The van der Waals surface area contributed by atoms with E-state index in [1.165, 1.54) is 10.4 Å². The van der Waals surface area contributed by atoms with Crippen molar-refractivity contribution >= 4 is 28.9 Å². The molecule has 0 saturated carbocycles. The third-order valence-electron chi connectivity index (χ3n) is 3.88. The van der Waals surface area contributed by atoms with Crippen molar-refractivity contribution in [3.8, 4) is 0 Å². The quantitative estimate of drug-likeness (QED) is 0.929. The second-order valence-electron chi connectivity index (χ2n) is 5.39. The van der Waals surface area contributed by atoms with Crippen molar-refractivity contribution in [3.63, 3.8) is 0 Å². The molecule has 2 atom stereocenters. The normalized spacial score (nSPS) is 22.0. The molecule has 0 saturated heterocycles. The molecule has 0 spiro atoms. The SMILES string of the molecule is CC1CN(CC(=O)O)[C@H](c2ccccc2Cl)c2ccsc21. The first-order valence-corrected chi connectivity index (χ1v) is 8.11. The second-order valence-corrected chi connectivity index (χ2v) is 6.74. The second kappa shape index (κ2) is 5.79. The van der Waals surface area contributed by atoms with E-state index in [0.717, 1.165) is 12.1 Å². The van der Waals surface area contributed by atoms with Crippen molar-refractivity contribution in [1.82, 2.24) is 4.90 Å². The zero-order valence-corrected chi connectivity index (χ0v) is 13.2. The van der Waals surface area contributed by atoms with E-state index in [-0.39, 0.29) is 12.6 Å². The number of nitrogens with zero attached hydrogens (tertiary/aromatic N) is 1. The van der Waals surface area contributed by atoms with E-state index < -0.39 is 5.97 Å². The van der Waals surface area contributed by atoms with Crippen LogP contribution in [0.4, 0.5) is 0 Å². The van der Waals surface area contributed by atoms with E-state index in [1.807, 2.05) is 29.2 Å². The standard InChI is InChI=1S/C16H16ClNO2S/c1-10-8-18(9-14(19)20)15(12-6-7-21-16(10)12)11-4-2-3-5-13(11)17/h2-7,10,15H,8-9H2,1H3,(H,19,20)/t10?,15-/m1/s1. The molecule has 21 heavy (non-hydrogen) atoms. The van der Waals surface area contributed by atoms with Crippen LogP contribution in [0.3, 0.4) is 0 Å². The number of fused-ring (bicyclic) bond motifs is 1. The summed E-state index contributed by atoms with van der Waals surface area (Å²) in [6.07, 6.45) is 0. The first-order valence-electron chi connectivity index (χ1n) is 6.85. The van der Waals surface area contributed by atoms with Gasteiger partial charge < -0.3 is 5.11 Å². The number of carboxylic acids is 1. The average Bonchev–Trinajstić information content (AvgIpc) is 2.89. The van der Waals surface area contributed by atoms with Crippen LogP contribution in [0, 0.1) is 0 Å². The van der Waals surface area contributed by atoms with Gasteiger partial charge in [0.25, 0.3) is 0 Å². The predicted octanol–water partition coefficient (Wildman–Crippen LogP) is 3.99. The van der Waals surface area contributed by atoms with Gasteiger partial charge in [-0.25, -0.2) is 0 Å². The summed E-state index contributed by atoms with van der Waals surface area (Å²) in [5, 5.41) is 12.0. The van der Waals surface area contributed by atoms with E-state index in [9.17, 15) is 9.90 Å². The van der Waals surface area contributed by atoms with Crippen LogP contribution in [-0.2, 0) is 4.79 Å². The molecule has 1 aliphatic rings. The molecule has 2 heterocycles. The highest BCUT2D eigenvalue weighted by molar-refractivity contribution is 7.10. The van der Waals surface area contributed by atoms with Crippen molar-refractivity contribution < 1.29 is 9.90 Å². The third-order valence-corrected chi connectivity index (χ3v) is 5.39. The van der Waals surface area contributed by atoms with Crippen LogP contribution in [-0.4, -0.2) is 29.1 Å². The molecule has 2 aromatic rings. The van der Waals surface area contributed by atoms with Crippen LogP contribution >= 0.6 is 22.9 Å². The molecule has 3 rings (SSSR count). The van der Waals surface area contributed by atoms with Crippen LogP contribution in [0.25, 0.3) is 0 Å². The molecule has 0 bridgehead atoms. The van der Waals surface area contributed by atoms with Crippen LogP contribution in [0.1, 0.15) is 34.9 Å². The largest absolute Gasteiger partial charge is 0.480 e. The molecule has 1 aromatic heterocycles. The Morgan fingerprint density at radius 2 is 2.14 bits per heavy atom. The number of thiophene rings is 1. The Morgan fingerprint density at radius 1 is 1.38 bits per heavy atom. The lowest BCUT2D eigenvalue weighted by Crippen LogP contribution is -2.40. The van der Waals surface area contributed by atoms with Crippen LogP contribution in [0.2, 0.25) is 5.02 Å². The minimum absolute atomic E-state index is 0.0233. The van der Waals surface area contributed by atoms with Gasteiger partial charge in [0.05, 0.1) is 12.6 Å². The number of hydrogen-bond acceptors (Lipinski definition) is 3. The van der Waals surface area contributed by atoms with Crippen molar-refractivity contribution in [2.24, 2.45) is 0 Å². The van der Waals surface area contributed by atoms with Gasteiger partial charge in [0.2, 0.25) is 0 Å². The Hall–Kier alpha value is -1.36. The molecule has 1 unspecified atom stereocenters. The van der Waals surface area contributed by atoms with Crippen molar-refractivity contribution in [3.05, 3.63) is 56.7 Å². The van der Waals surface area contributed by atoms with E-state index in [2.05, 4.69) is 18.4 Å². The molecular formula is C16H16ClNO2S. The van der Waals surface area contributed by atoms with Crippen molar-refractivity contribution in [1.29, 1.82) is 0 Å². The number of carboxylic acid groups (broad SMARTS) is 1. The molecular weight excluding hydrogens is 306 g/mol. The van der Waals surface area contributed by atoms with E-state index in [0.29, 0.717) is 10.9 Å². The van der Waals surface area contributed by atoms with Crippen molar-refractivity contribution in [2.45, 2.75) is 18.9 Å². The number of rotatable bonds is 3. The zero-order chi connectivity index (χ0) is 15.0. The Labute approximate surface area is 132 Å². The number of carbonyl (C=O) groups is 1. The summed E-state index contributed by atoms with van der Waals surface area (Å²) in [6.45, 7) is 2.90. The maximum absolute atomic E-state index is 11.2. The van der Waals surface area contributed by atoms with Gasteiger partial charge in [0, 0.05) is 22.4 Å². The van der Waals surface area contributed by atoms with Gasteiger partial charge >= 0.3 is 5.97 Å². The molecule has 110 valence electrons. The number of hydrogen-bond donors (Lipinski definition) is 1. The molecule has 0 radical (unpaired) electrons. The zero-order valence-electron chi connectivity index (χ0n) is 11.6. The van der Waals surface area contributed by atoms with E-state index >= 15 is 0 Å². The van der Waals surface area contributed by atoms with Gasteiger partial charge in [0.15, 0.2) is 0 Å². The van der Waals surface area contributed by atoms with Gasteiger partial charge in [-0.05, 0) is 28.6 Å². The summed E-state index contributed by atoms with van der Waals surface area (Å²) in [4.78, 5) is 14.6.